The molecule has 0 saturated heterocycles. The molecule has 0 N–H and O–H groups in total. The summed E-state index contributed by atoms with van der Waals surface area (Å²) in [5.74, 6) is 0.779. The van der Waals surface area contributed by atoms with Gasteiger partial charge in [-0.05, 0) is 42.8 Å². The molecule has 0 radical (unpaired) electrons. The van der Waals surface area contributed by atoms with E-state index in [9.17, 15) is 13.2 Å². The van der Waals surface area contributed by atoms with Crippen molar-refractivity contribution in [3.8, 4) is 11.5 Å². The van der Waals surface area contributed by atoms with Crippen molar-refractivity contribution < 1.29 is 17.9 Å². The van der Waals surface area contributed by atoms with Gasteiger partial charge in [0.25, 0.3) is 0 Å². The van der Waals surface area contributed by atoms with E-state index in [2.05, 4.69) is 0 Å². The highest BCUT2D eigenvalue weighted by Crippen LogP contribution is 2.32. The first-order valence-corrected chi connectivity index (χ1v) is 12.0. The highest BCUT2D eigenvalue weighted by atomic mass is 35.5. The third-order valence-corrected chi connectivity index (χ3v) is 7.42. The van der Waals surface area contributed by atoms with Crippen LogP contribution in [0, 0.1) is 6.92 Å². The number of sulfone groups is 1. The number of fused-ring (bicyclic) bond motifs is 1. The Morgan fingerprint density at radius 3 is 2.24 bits per heavy atom. The molecule has 0 bridgehead atoms. The Hall–Kier alpha value is -3.29. The van der Waals surface area contributed by atoms with Crippen LogP contribution in [0.1, 0.15) is 11.1 Å². The van der Waals surface area contributed by atoms with Crippen LogP contribution in [0.3, 0.4) is 0 Å². The molecule has 0 unspecified atom stereocenters. The van der Waals surface area contributed by atoms with Gasteiger partial charge in [-0.1, -0.05) is 41.4 Å². The number of rotatable bonds is 6. The molecule has 4 rings (SSSR count). The number of aryl methyl sites for hydroxylation is 1. The van der Waals surface area contributed by atoms with Crippen molar-refractivity contribution >= 4 is 32.3 Å². The molecule has 0 atom stereocenters. The maximum atomic E-state index is 13.4. The quantitative estimate of drug-likeness (QED) is 0.391. The molecule has 1 aromatic heterocycles. The summed E-state index contributed by atoms with van der Waals surface area (Å²) >= 11 is 5.92. The Bertz CT molecular complexity index is 1510. The van der Waals surface area contributed by atoms with Crippen molar-refractivity contribution in [3.05, 3.63) is 93.2 Å². The average Bonchev–Trinajstić information content (AvgIpc) is 2.80. The van der Waals surface area contributed by atoms with E-state index in [4.69, 9.17) is 21.1 Å². The summed E-state index contributed by atoms with van der Waals surface area (Å²) in [4.78, 5) is 13.1. The van der Waals surface area contributed by atoms with Gasteiger partial charge in [-0.2, -0.15) is 0 Å². The van der Waals surface area contributed by atoms with Crippen LogP contribution in [0.2, 0.25) is 5.02 Å². The molecule has 0 aliphatic rings. The second kappa shape index (κ2) is 8.92. The van der Waals surface area contributed by atoms with Crippen LogP contribution in [0.25, 0.3) is 10.9 Å². The molecule has 4 aromatic rings. The number of benzene rings is 3. The molecular formula is C25H22ClNO5S. The van der Waals surface area contributed by atoms with Crippen molar-refractivity contribution in [1.29, 1.82) is 0 Å². The van der Waals surface area contributed by atoms with Crippen LogP contribution in [0.4, 0.5) is 0 Å². The lowest BCUT2D eigenvalue weighted by Gasteiger charge is -2.17. The van der Waals surface area contributed by atoms with Gasteiger partial charge in [0.1, 0.15) is 4.90 Å². The summed E-state index contributed by atoms with van der Waals surface area (Å²) in [5, 5.41) is 0.622. The van der Waals surface area contributed by atoms with Gasteiger partial charge in [-0.25, -0.2) is 8.42 Å². The number of hydrogen-bond donors (Lipinski definition) is 0. The third-order valence-electron chi connectivity index (χ3n) is 5.40. The van der Waals surface area contributed by atoms with Crippen LogP contribution < -0.4 is 14.9 Å². The van der Waals surface area contributed by atoms with E-state index in [-0.39, 0.29) is 15.2 Å². The van der Waals surface area contributed by atoms with Gasteiger partial charge in [-0.15, -0.1) is 0 Å². The van der Waals surface area contributed by atoms with Gasteiger partial charge in [0.2, 0.25) is 15.3 Å². The van der Waals surface area contributed by atoms with Crippen LogP contribution in [-0.2, 0) is 16.4 Å². The van der Waals surface area contributed by atoms with E-state index in [1.807, 2.05) is 31.2 Å². The van der Waals surface area contributed by atoms with Crippen LogP contribution in [-0.4, -0.2) is 27.2 Å². The maximum absolute atomic E-state index is 13.4. The number of ether oxygens (including phenoxy) is 2. The molecular weight excluding hydrogens is 462 g/mol. The fourth-order valence-electron chi connectivity index (χ4n) is 3.76. The minimum atomic E-state index is -4.10. The molecule has 0 spiro atoms. The largest absolute Gasteiger partial charge is 0.493 e. The second-order valence-electron chi connectivity index (χ2n) is 7.62. The van der Waals surface area contributed by atoms with E-state index < -0.39 is 15.3 Å². The van der Waals surface area contributed by atoms with Gasteiger partial charge in [0, 0.05) is 23.8 Å². The van der Waals surface area contributed by atoms with Crippen LogP contribution >= 0.6 is 11.6 Å². The molecule has 0 fully saturated rings. The predicted molar refractivity (Wildman–Crippen MR) is 128 cm³/mol. The minimum Gasteiger partial charge on any atom is -0.493 e. The molecule has 170 valence electrons. The first kappa shape index (κ1) is 22.9. The van der Waals surface area contributed by atoms with E-state index >= 15 is 0 Å². The molecule has 3 aromatic carbocycles. The first-order chi connectivity index (χ1) is 15.7. The Morgan fingerprint density at radius 2 is 1.61 bits per heavy atom. The third kappa shape index (κ3) is 4.34. The monoisotopic (exact) mass is 483 g/mol. The summed E-state index contributed by atoms with van der Waals surface area (Å²) < 4.78 is 39.4. The Morgan fingerprint density at radius 1 is 0.939 bits per heavy atom. The van der Waals surface area contributed by atoms with Crippen LogP contribution in [0.15, 0.2) is 81.4 Å². The summed E-state index contributed by atoms with van der Waals surface area (Å²) in [6.45, 7) is 2.34. The molecule has 0 saturated carbocycles. The maximum Gasteiger partial charge on any atom is 0.211 e. The number of aromatic nitrogens is 1. The number of halogens is 1. The van der Waals surface area contributed by atoms with E-state index in [0.29, 0.717) is 28.6 Å². The van der Waals surface area contributed by atoms with Crippen molar-refractivity contribution in [1.82, 2.24) is 4.57 Å². The van der Waals surface area contributed by atoms with E-state index in [0.717, 1.165) is 11.1 Å². The second-order valence-corrected chi connectivity index (χ2v) is 9.98. The molecule has 0 aliphatic heterocycles. The average molecular weight is 484 g/mol. The fraction of sp³-hybridized carbons (Fsp3) is 0.160. The van der Waals surface area contributed by atoms with E-state index in [1.54, 1.807) is 10.6 Å². The van der Waals surface area contributed by atoms with Crippen molar-refractivity contribution in [2.24, 2.45) is 0 Å². The molecule has 1 heterocycles. The summed E-state index contributed by atoms with van der Waals surface area (Å²) in [6.07, 6.45) is 1.39. The topological polar surface area (TPSA) is 74.6 Å². The summed E-state index contributed by atoms with van der Waals surface area (Å²) in [7, 11) is -1.13. The standard InChI is InChI=1S/C25H22ClNO5S/c1-16-5-4-6-17(11-16)14-27-15-24(33(29,30)19-9-7-18(26)8-10-19)25(28)20-12-22(31-2)23(32-3)13-21(20)27/h4-13,15H,14H2,1-3H3. The van der Waals surface area contributed by atoms with Crippen LogP contribution in [0.5, 0.6) is 11.5 Å². The van der Waals surface area contributed by atoms with Gasteiger partial charge >= 0.3 is 0 Å². The normalized spacial score (nSPS) is 11.5. The van der Waals surface area contributed by atoms with Crippen molar-refractivity contribution in [2.45, 2.75) is 23.3 Å². The highest BCUT2D eigenvalue weighted by molar-refractivity contribution is 7.91. The number of nitrogens with zero attached hydrogens (tertiary/aromatic N) is 1. The first-order valence-electron chi connectivity index (χ1n) is 10.1. The number of pyridine rings is 1. The zero-order valence-electron chi connectivity index (χ0n) is 18.3. The number of methoxy groups -OCH3 is 2. The zero-order chi connectivity index (χ0) is 23.8. The van der Waals surface area contributed by atoms with Gasteiger partial charge < -0.3 is 14.0 Å². The molecule has 6 nitrogen and oxygen atoms in total. The summed E-state index contributed by atoms with van der Waals surface area (Å²) in [6, 6.07) is 16.8. The van der Waals surface area contributed by atoms with E-state index in [1.165, 1.54) is 50.7 Å². The SMILES string of the molecule is COc1cc2c(=O)c(S(=O)(=O)c3ccc(Cl)cc3)cn(Cc3cccc(C)c3)c2cc1OC. The smallest absolute Gasteiger partial charge is 0.211 e. The lowest BCUT2D eigenvalue weighted by atomic mass is 10.1. The Balaban J connectivity index is 2.02. The van der Waals surface area contributed by atoms with Gasteiger partial charge in [0.15, 0.2) is 11.5 Å². The number of hydrogen-bond acceptors (Lipinski definition) is 5. The molecule has 33 heavy (non-hydrogen) atoms. The van der Waals surface area contributed by atoms with Crippen molar-refractivity contribution in [2.75, 3.05) is 14.2 Å². The van der Waals surface area contributed by atoms with Gasteiger partial charge in [0.05, 0.1) is 30.0 Å². The lowest BCUT2D eigenvalue weighted by Crippen LogP contribution is -2.20. The minimum absolute atomic E-state index is 0.00840. The van der Waals surface area contributed by atoms with Gasteiger partial charge in [-0.3, -0.25) is 4.79 Å². The Kier molecular flexibility index (Phi) is 6.19. The molecule has 8 heteroatoms. The molecule has 0 aliphatic carbocycles. The van der Waals surface area contributed by atoms with Crippen molar-refractivity contribution in [3.63, 3.8) is 0 Å². The molecule has 0 amide bonds. The highest BCUT2D eigenvalue weighted by Gasteiger charge is 2.25. The Labute approximate surface area is 196 Å². The summed E-state index contributed by atoms with van der Waals surface area (Å²) in [5.41, 5.74) is 1.96. The lowest BCUT2D eigenvalue weighted by molar-refractivity contribution is 0.355. The predicted octanol–water partition coefficient (Wildman–Crippen LogP) is 4.86. The fourth-order valence-corrected chi connectivity index (χ4v) is 5.25. The zero-order valence-corrected chi connectivity index (χ0v) is 19.9.